The van der Waals surface area contributed by atoms with Crippen molar-refractivity contribution in [2.24, 2.45) is 5.41 Å². The van der Waals surface area contributed by atoms with Crippen LogP contribution < -0.4 is 4.74 Å². The minimum absolute atomic E-state index is 0.505. The Kier molecular flexibility index (Phi) is 3.81. The lowest BCUT2D eigenvalue weighted by molar-refractivity contribution is -0.148. The maximum absolute atomic E-state index is 11.5. The van der Waals surface area contributed by atoms with Crippen molar-refractivity contribution in [1.82, 2.24) is 0 Å². The van der Waals surface area contributed by atoms with E-state index in [1.165, 1.54) is 0 Å². The van der Waals surface area contributed by atoms with Crippen LogP contribution in [0, 0.1) is 5.41 Å². The van der Waals surface area contributed by atoms with E-state index in [1.807, 2.05) is 12.1 Å². The van der Waals surface area contributed by atoms with Crippen molar-refractivity contribution in [2.75, 3.05) is 7.11 Å². The van der Waals surface area contributed by atoms with E-state index < -0.39 is 11.4 Å². The van der Waals surface area contributed by atoms with Crippen molar-refractivity contribution in [3.8, 4) is 5.75 Å². The van der Waals surface area contributed by atoms with Crippen LogP contribution in [0.5, 0.6) is 5.75 Å². The fraction of sp³-hybridized carbons (Fsp3) is 0.500. The molecule has 0 aromatic heterocycles. The Morgan fingerprint density at radius 1 is 1.44 bits per heavy atom. The first-order valence-electron chi connectivity index (χ1n) is 6.13. The van der Waals surface area contributed by atoms with Gasteiger partial charge in [-0.25, -0.2) is 0 Å². The molecule has 0 unspecified atom stereocenters. The second kappa shape index (κ2) is 5.19. The van der Waals surface area contributed by atoms with Crippen molar-refractivity contribution in [3.63, 3.8) is 0 Å². The summed E-state index contributed by atoms with van der Waals surface area (Å²) in [6.45, 7) is 0. The van der Waals surface area contributed by atoms with E-state index in [0.29, 0.717) is 17.2 Å². The zero-order valence-corrected chi connectivity index (χ0v) is 11.2. The summed E-state index contributed by atoms with van der Waals surface area (Å²) < 4.78 is 5.09. The minimum Gasteiger partial charge on any atom is -0.497 e. The number of carboxylic acid groups (broad SMARTS) is 1. The molecule has 1 saturated carbocycles. The maximum atomic E-state index is 11.5. The summed E-state index contributed by atoms with van der Waals surface area (Å²) >= 11 is 6.18. The molecule has 1 aromatic rings. The third kappa shape index (κ3) is 2.46. The van der Waals surface area contributed by atoms with Crippen LogP contribution in [0.4, 0.5) is 0 Å². The van der Waals surface area contributed by atoms with Gasteiger partial charge in [0.1, 0.15) is 5.75 Å². The van der Waals surface area contributed by atoms with Gasteiger partial charge in [-0.15, -0.1) is 0 Å². The average Bonchev–Trinajstić information content (AvgIpc) is 2.81. The van der Waals surface area contributed by atoms with Crippen molar-refractivity contribution >= 4 is 17.6 Å². The van der Waals surface area contributed by atoms with Gasteiger partial charge in [-0.3, -0.25) is 4.79 Å². The Morgan fingerprint density at radius 2 is 2.11 bits per heavy atom. The Hall–Kier alpha value is -1.22. The number of carboxylic acids is 1. The molecule has 3 nitrogen and oxygen atoms in total. The van der Waals surface area contributed by atoms with Gasteiger partial charge in [0.2, 0.25) is 0 Å². The van der Waals surface area contributed by atoms with Gasteiger partial charge in [0.15, 0.2) is 0 Å². The van der Waals surface area contributed by atoms with Gasteiger partial charge in [-0.05, 0) is 37.0 Å². The van der Waals surface area contributed by atoms with Crippen LogP contribution in [0.3, 0.4) is 0 Å². The number of methoxy groups -OCH3 is 1. The van der Waals surface area contributed by atoms with Crippen molar-refractivity contribution in [2.45, 2.75) is 32.1 Å². The van der Waals surface area contributed by atoms with Crippen molar-refractivity contribution < 1.29 is 14.6 Å². The van der Waals surface area contributed by atoms with Crippen LogP contribution in [0.1, 0.15) is 31.2 Å². The van der Waals surface area contributed by atoms with Gasteiger partial charge in [-0.1, -0.05) is 30.5 Å². The topological polar surface area (TPSA) is 46.5 Å². The highest BCUT2D eigenvalue weighted by atomic mass is 35.5. The molecule has 1 aliphatic rings. The maximum Gasteiger partial charge on any atom is 0.309 e. The third-order valence-electron chi connectivity index (χ3n) is 3.80. The Labute approximate surface area is 112 Å². The molecule has 0 radical (unpaired) electrons. The summed E-state index contributed by atoms with van der Waals surface area (Å²) in [4.78, 5) is 11.5. The minimum atomic E-state index is -0.702. The molecule has 0 amide bonds. The number of aliphatic carboxylic acids is 1. The SMILES string of the molecule is COc1ccc(CC2(C(=O)O)CCCC2)c(Cl)c1. The van der Waals surface area contributed by atoms with Gasteiger partial charge in [-0.2, -0.15) is 0 Å². The Bertz CT molecular complexity index is 450. The number of benzene rings is 1. The average molecular weight is 269 g/mol. The van der Waals surface area contributed by atoms with Crippen molar-refractivity contribution in [3.05, 3.63) is 28.8 Å². The molecular formula is C14H17ClO3. The standard InChI is InChI=1S/C14H17ClO3/c1-18-11-5-4-10(12(15)8-11)9-14(13(16)17)6-2-3-7-14/h4-5,8H,2-3,6-7,9H2,1H3,(H,16,17). The number of carbonyl (C=O) groups is 1. The van der Waals surface area contributed by atoms with E-state index >= 15 is 0 Å². The molecule has 0 aliphatic heterocycles. The first-order chi connectivity index (χ1) is 8.57. The highest BCUT2D eigenvalue weighted by molar-refractivity contribution is 6.31. The Morgan fingerprint density at radius 3 is 2.61 bits per heavy atom. The highest BCUT2D eigenvalue weighted by Crippen LogP contribution is 2.42. The van der Waals surface area contributed by atoms with E-state index in [-0.39, 0.29) is 0 Å². The van der Waals surface area contributed by atoms with Crippen LogP contribution in [-0.4, -0.2) is 18.2 Å². The molecule has 0 heterocycles. The summed E-state index contributed by atoms with van der Waals surface area (Å²) in [7, 11) is 1.58. The van der Waals surface area contributed by atoms with Crippen molar-refractivity contribution in [1.29, 1.82) is 0 Å². The van der Waals surface area contributed by atoms with E-state index in [2.05, 4.69) is 0 Å². The number of hydrogen-bond acceptors (Lipinski definition) is 2. The lowest BCUT2D eigenvalue weighted by Crippen LogP contribution is -2.30. The molecule has 0 bridgehead atoms. The third-order valence-corrected chi connectivity index (χ3v) is 4.16. The normalized spacial score (nSPS) is 17.7. The molecule has 98 valence electrons. The molecule has 0 spiro atoms. The van der Waals surface area contributed by atoms with Gasteiger partial charge >= 0.3 is 5.97 Å². The number of halogens is 1. The largest absolute Gasteiger partial charge is 0.497 e. The molecule has 1 aromatic carbocycles. The summed E-state index contributed by atoms with van der Waals surface area (Å²) in [5.74, 6) is -0.00793. The summed E-state index contributed by atoms with van der Waals surface area (Å²) in [5, 5.41) is 10.0. The number of ether oxygens (including phenoxy) is 1. The lowest BCUT2D eigenvalue weighted by Gasteiger charge is -2.24. The number of rotatable bonds is 4. The van der Waals surface area contributed by atoms with Gasteiger partial charge < -0.3 is 9.84 Å². The smallest absolute Gasteiger partial charge is 0.309 e. The van der Waals surface area contributed by atoms with Gasteiger partial charge in [0, 0.05) is 5.02 Å². The second-order valence-electron chi connectivity index (χ2n) is 4.93. The number of hydrogen-bond donors (Lipinski definition) is 1. The molecule has 1 N–H and O–H groups in total. The lowest BCUT2D eigenvalue weighted by atomic mass is 9.80. The zero-order chi connectivity index (χ0) is 13.2. The second-order valence-corrected chi connectivity index (χ2v) is 5.33. The Balaban J connectivity index is 2.24. The van der Waals surface area contributed by atoms with Crippen LogP contribution in [0.2, 0.25) is 5.02 Å². The van der Waals surface area contributed by atoms with Gasteiger partial charge in [0.05, 0.1) is 12.5 Å². The molecule has 0 atom stereocenters. The van der Waals surface area contributed by atoms with E-state index in [0.717, 1.165) is 31.2 Å². The molecule has 1 fully saturated rings. The van der Waals surface area contributed by atoms with Crippen LogP contribution in [-0.2, 0) is 11.2 Å². The fourth-order valence-corrected chi connectivity index (χ4v) is 2.92. The van der Waals surface area contributed by atoms with Crippen LogP contribution in [0.25, 0.3) is 0 Å². The first kappa shape index (κ1) is 13.2. The van der Waals surface area contributed by atoms with Crippen LogP contribution in [0.15, 0.2) is 18.2 Å². The quantitative estimate of drug-likeness (QED) is 0.909. The molecule has 4 heteroatoms. The molecular weight excluding hydrogens is 252 g/mol. The first-order valence-corrected chi connectivity index (χ1v) is 6.51. The summed E-state index contributed by atoms with van der Waals surface area (Å²) in [6, 6.07) is 5.43. The molecule has 2 rings (SSSR count). The highest BCUT2D eigenvalue weighted by Gasteiger charge is 2.41. The predicted molar refractivity (Wildman–Crippen MR) is 70.2 cm³/mol. The fourth-order valence-electron chi connectivity index (χ4n) is 2.68. The van der Waals surface area contributed by atoms with E-state index in [1.54, 1.807) is 13.2 Å². The molecule has 18 heavy (non-hydrogen) atoms. The van der Waals surface area contributed by atoms with E-state index in [9.17, 15) is 9.90 Å². The van der Waals surface area contributed by atoms with E-state index in [4.69, 9.17) is 16.3 Å². The summed E-state index contributed by atoms with van der Waals surface area (Å²) in [5.41, 5.74) is 0.264. The summed E-state index contributed by atoms with van der Waals surface area (Å²) in [6.07, 6.45) is 3.96. The van der Waals surface area contributed by atoms with Gasteiger partial charge in [0.25, 0.3) is 0 Å². The zero-order valence-electron chi connectivity index (χ0n) is 10.4. The monoisotopic (exact) mass is 268 g/mol. The van der Waals surface area contributed by atoms with Crippen LogP contribution >= 0.6 is 11.6 Å². The predicted octanol–water partition coefficient (Wildman–Crippen LogP) is 3.54. The molecule has 1 aliphatic carbocycles. The molecule has 0 saturated heterocycles.